The van der Waals surface area contributed by atoms with Crippen molar-refractivity contribution in [1.82, 2.24) is 20.4 Å². The standard InChI is InChI=1S/C21H45N5O/c1-6-19(7-2)20(26-14-16-27-17-15-26)18-24-21(22-5)23-12-10-11-13-25(8-3)9-4/h19-20H,6-18H2,1-5H3,(H2,22,23,24). The van der Waals surface area contributed by atoms with E-state index in [1.54, 1.807) is 0 Å². The maximum atomic E-state index is 5.55. The van der Waals surface area contributed by atoms with Crippen molar-refractivity contribution in [2.75, 3.05) is 66.1 Å². The molecule has 1 aliphatic heterocycles. The molecule has 1 heterocycles. The Bertz CT molecular complexity index is 377. The topological polar surface area (TPSA) is 52.1 Å². The molecule has 0 aliphatic carbocycles. The fourth-order valence-electron chi connectivity index (χ4n) is 3.96. The quantitative estimate of drug-likeness (QED) is 0.291. The summed E-state index contributed by atoms with van der Waals surface area (Å²) >= 11 is 0. The Labute approximate surface area is 168 Å². The lowest BCUT2D eigenvalue weighted by atomic mass is 9.92. The number of ether oxygens (including phenoxy) is 1. The van der Waals surface area contributed by atoms with Crippen molar-refractivity contribution >= 4 is 5.96 Å². The number of hydrogen-bond donors (Lipinski definition) is 2. The molecular formula is C21H45N5O. The SMILES string of the molecule is CCC(CC)C(CNC(=NC)NCCCCN(CC)CC)N1CCOCC1. The summed E-state index contributed by atoms with van der Waals surface area (Å²) < 4.78 is 5.55. The number of unbranched alkanes of at least 4 members (excludes halogenated alkanes) is 1. The van der Waals surface area contributed by atoms with Gasteiger partial charge in [0.2, 0.25) is 0 Å². The van der Waals surface area contributed by atoms with Gasteiger partial charge in [0.1, 0.15) is 0 Å². The fourth-order valence-corrected chi connectivity index (χ4v) is 3.96. The lowest BCUT2D eigenvalue weighted by Crippen LogP contribution is -2.53. The van der Waals surface area contributed by atoms with Crippen LogP contribution in [0.4, 0.5) is 0 Å². The van der Waals surface area contributed by atoms with E-state index in [-0.39, 0.29) is 0 Å². The highest BCUT2D eigenvalue weighted by atomic mass is 16.5. The van der Waals surface area contributed by atoms with Gasteiger partial charge in [-0.3, -0.25) is 9.89 Å². The molecule has 0 bridgehead atoms. The number of hydrogen-bond acceptors (Lipinski definition) is 4. The zero-order valence-corrected chi connectivity index (χ0v) is 18.6. The van der Waals surface area contributed by atoms with E-state index in [2.05, 4.69) is 53.1 Å². The van der Waals surface area contributed by atoms with Gasteiger partial charge in [-0.05, 0) is 38.4 Å². The van der Waals surface area contributed by atoms with Crippen molar-refractivity contribution in [3.05, 3.63) is 0 Å². The van der Waals surface area contributed by atoms with Crippen molar-refractivity contribution in [3.63, 3.8) is 0 Å². The third kappa shape index (κ3) is 9.26. The predicted molar refractivity (Wildman–Crippen MR) is 117 cm³/mol. The summed E-state index contributed by atoms with van der Waals surface area (Å²) in [6, 6.07) is 0.546. The highest BCUT2D eigenvalue weighted by Gasteiger charge is 2.26. The highest BCUT2D eigenvalue weighted by Crippen LogP contribution is 2.19. The molecule has 0 aromatic carbocycles. The molecular weight excluding hydrogens is 338 g/mol. The van der Waals surface area contributed by atoms with Crippen LogP contribution in [0.25, 0.3) is 0 Å². The summed E-state index contributed by atoms with van der Waals surface area (Å²) in [5.74, 6) is 1.64. The second kappa shape index (κ2) is 15.1. The Hall–Kier alpha value is -0.850. The molecule has 0 aromatic heterocycles. The molecule has 1 aliphatic rings. The minimum Gasteiger partial charge on any atom is -0.379 e. The number of aliphatic imine (C=N–C) groups is 1. The van der Waals surface area contributed by atoms with Crippen LogP contribution in [0, 0.1) is 5.92 Å². The number of nitrogens with zero attached hydrogens (tertiary/aromatic N) is 3. The van der Waals surface area contributed by atoms with E-state index in [0.29, 0.717) is 12.0 Å². The van der Waals surface area contributed by atoms with E-state index in [1.165, 1.54) is 32.2 Å². The van der Waals surface area contributed by atoms with Crippen LogP contribution in [0.5, 0.6) is 0 Å². The average Bonchev–Trinajstić information content (AvgIpc) is 2.72. The molecule has 0 radical (unpaired) electrons. The first kappa shape index (κ1) is 24.2. The van der Waals surface area contributed by atoms with Gasteiger partial charge in [0, 0.05) is 39.3 Å². The molecule has 6 heteroatoms. The number of guanidine groups is 1. The molecule has 0 aromatic rings. The summed E-state index contributed by atoms with van der Waals surface area (Å²) in [5.41, 5.74) is 0. The van der Waals surface area contributed by atoms with E-state index in [9.17, 15) is 0 Å². The molecule has 0 amide bonds. The lowest BCUT2D eigenvalue weighted by molar-refractivity contribution is 0.00272. The summed E-state index contributed by atoms with van der Waals surface area (Å²) in [4.78, 5) is 9.51. The minimum atomic E-state index is 0.546. The van der Waals surface area contributed by atoms with E-state index in [0.717, 1.165) is 58.4 Å². The van der Waals surface area contributed by atoms with Crippen molar-refractivity contribution in [2.24, 2.45) is 10.9 Å². The summed E-state index contributed by atoms with van der Waals surface area (Å²) in [7, 11) is 1.87. The van der Waals surface area contributed by atoms with E-state index in [4.69, 9.17) is 4.74 Å². The van der Waals surface area contributed by atoms with Gasteiger partial charge in [-0.2, -0.15) is 0 Å². The van der Waals surface area contributed by atoms with Crippen molar-refractivity contribution in [1.29, 1.82) is 0 Å². The first-order valence-electron chi connectivity index (χ1n) is 11.2. The highest BCUT2D eigenvalue weighted by molar-refractivity contribution is 5.79. The first-order valence-corrected chi connectivity index (χ1v) is 11.2. The van der Waals surface area contributed by atoms with Gasteiger partial charge in [0.15, 0.2) is 5.96 Å². The van der Waals surface area contributed by atoms with Crippen molar-refractivity contribution < 1.29 is 4.74 Å². The molecule has 160 valence electrons. The Morgan fingerprint density at radius 2 is 1.70 bits per heavy atom. The zero-order chi connectivity index (χ0) is 19.9. The van der Waals surface area contributed by atoms with Gasteiger partial charge in [0.25, 0.3) is 0 Å². The lowest BCUT2D eigenvalue weighted by Gasteiger charge is -2.39. The maximum Gasteiger partial charge on any atom is 0.191 e. The van der Waals surface area contributed by atoms with Gasteiger partial charge in [-0.25, -0.2) is 0 Å². The molecule has 1 rings (SSSR count). The Morgan fingerprint density at radius 1 is 1.04 bits per heavy atom. The molecule has 1 atom stereocenters. The molecule has 6 nitrogen and oxygen atoms in total. The Balaban J connectivity index is 2.40. The normalized spacial score (nSPS) is 17.5. The summed E-state index contributed by atoms with van der Waals surface area (Å²) in [5, 5.41) is 7.07. The van der Waals surface area contributed by atoms with Crippen LogP contribution in [0.1, 0.15) is 53.4 Å². The van der Waals surface area contributed by atoms with Gasteiger partial charge >= 0.3 is 0 Å². The van der Waals surface area contributed by atoms with E-state index in [1.807, 2.05) is 7.05 Å². The summed E-state index contributed by atoms with van der Waals surface area (Å²) in [6.07, 6.45) is 4.85. The minimum absolute atomic E-state index is 0.546. The number of nitrogens with one attached hydrogen (secondary N) is 2. The molecule has 1 unspecified atom stereocenters. The third-order valence-electron chi connectivity index (χ3n) is 5.90. The monoisotopic (exact) mass is 383 g/mol. The van der Waals surface area contributed by atoms with Crippen LogP contribution in [0.15, 0.2) is 4.99 Å². The molecule has 0 spiro atoms. The molecule has 2 N–H and O–H groups in total. The van der Waals surface area contributed by atoms with Crippen LogP contribution in [-0.2, 0) is 4.74 Å². The van der Waals surface area contributed by atoms with Gasteiger partial charge in [0.05, 0.1) is 13.2 Å². The first-order chi connectivity index (χ1) is 13.2. The van der Waals surface area contributed by atoms with E-state index >= 15 is 0 Å². The van der Waals surface area contributed by atoms with Crippen LogP contribution >= 0.6 is 0 Å². The molecule has 0 saturated carbocycles. The predicted octanol–water partition coefficient (Wildman–Crippen LogP) is 2.41. The second-order valence-electron chi connectivity index (χ2n) is 7.41. The third-order valence-corrected chi connectivity index (χ3v) is 5.90. The molecule has 1 fully saturated rings. The van der Waals surface area contributed by atoms with Gasteiger partial charge in [-0.15, -0.1) is 0 Å². The van der Waals surface area contributed by atoms with Crippen LogP contribution < -0.4 is 10.6 Å². The van der Waals surface area contributed by atoms with Crippen molar-refractivity contribution in [3.8, 4) is 0 Å². The summed E-state index contributed by atoms with van der Waals surface area (Å²) in [6.45, 7) is 18.3. The van der Waals surface area contributed by atoms with Crippen molar-refractivity contribution in [2.45, 2.75) is 59.4 Å². The number of morpholine rings is 1. The number of rotatable bonds is 13. The molecule has 27 heavy (non-hydrogen) atoms. The average molecular weight is 384 g/mol. The second-order valence-corrected chi connectivity index (χ2v) is 7.41. The van der Waals surface area contributed by atoms with Crippen LogP contribution in [-0.4, -0.2) is 87.9 Å². The maximum absolute atomic E-state index is 5.55. The zero-order valence-electron chi connectivity index (χ0n) is 18.6. The van der Waals surface area contributed by atoms with Gasteiger partial charge < -0.3 is 20.3 Å². The Kier molecular flexibility index (Phi) is 13.5. The van der Waals surface area contributed by atoms with Gasteiger partial charge in [-0.1, -0.05) is 40.5 Å². The fraction of sp³-hybridized carbons (Fsp3) is 0.952. The largest absolute Gasteiger partial charge is 0.379 e. The molecule has 1 saturated heterocycles. The smallest absolute Gasteiger partial charge is 0.191 e. The van der Waals surface area contributed by atoms with E-state index < -0.39 is 0 Å². The van der Waals surface area contributed by atoms with Crippen LogP contribution in [0.3, 0.4) is 0 Å². The Morgan fingerprint density at radius 3 is 2.26 bits per heavy atom. The van der Waals surface area contributed by atoms with Crippen LogP contribution in [0.2, 0.25) is 0 Å².